The summed E-state index contributed by atoms with van der Waals surface area (Å²) in [6.07, 6.45) is 5.93. The number of fused-ring (bicyclic) bond motifs is 1. The van der Waals surface area contributed by atoms with Crippen molar-refractivity contribution in [2.45, 2.75) is 44.7 Å². The molecule has 2 aliphatic rings. The fourth-order valence-corrected chi connectivity index (χ4v) is 5.31. The summed E-state index contributed by atoms with van der Waals surface area (Å²) in [5, 5.41) is 12.2. The number of H-pyrrole nitrogens is 1. The van der Waals surface area contributed by atoms with Gasteiger partial charge in [-0.1, -0.05) is 30.3 Å². The fraction of sp³-hybridized carbons (Fsp3) is 0.385. The maximum atomic E-state index is 13.5. The lowest BCUT2D eigenvalue weighted by Crippen LogP contribution is -2.38. The summed E-state index contributed by atoms with van der Waals surface area (Å²) in [5.74, 6) is 0.927. The number of carbonyl (C=O) groups excluding carboxylic acids is 1. The van der Waals surface area contributed by atoms with Crippen LogP contribution >= 0.6 is 0 Å². The monoisotopic (exact) mass is 470 g/mol. The van der Waals surface area contributed by atoms with E-state index in [4.69, 9.17) is 15.8 Å². The van der Waals surface area contributed by atoms with Crippen molar-refractivity contribution in [3.05, 3.63) is 65.6 Å². The van der Waals surface area contributed by atoms with Gasteiger partial charge in [-0.15, -0.1) is 0 Å². The summed E-state index contributed by atoms with van der Waals surface area (Å²) in [4.78, 5) is 22.7. The molecule has 180 valence electrons. The number of nitrogens with two attached hydrogens (primary N) is 1. The van der Waals surface area contributed by atoms with E-state index in [9.17, 15) is 4.79 Å². The number of carbonyl (C=O) groups is 1. The average molecular weight is 471 g/mol. The zero-order chi connectivity index (χ0) is 23.9. The number of hydrogen-bond donors (Lipinski definition) is 2. The molecule has 0 saturated carbocycles. The van der Waals surface area contributed by atoms with Crippen molar-refractivity contribution >= 4 is 17.4 Å². The number of piperidine rings is 1. The number of amides is 1. The van der Waals surface area contributed by atoms with Gasteiger partial charge < -0.3 is 15.5 Å². The number of hydrogen-bond acceptors (Lipinski definition) is 6. The van der Waals surface area contributed by atoms with E-state index in [1.54, 1.807) is 0 Å². The summed E-state index contributed by atoms with van der Waals surface area (Å²) in [6.45, 7) is 4.50. The lowest BCUT2D eigenvalue weighted by molar-refractivity contribution is 0.0599. The second-order valence-corrected chi connectivity index (χ2v) is 9.66. The summed E-state index contributed by atoms with van der Waals surface area (Å²) in [7, 11) is 0. The lowest BCUT2D eigenvalue weighted by Gasteiger charge is -2.34. The topological polar surface area (TPSA) is 108 Å². The van der Waals surface area contributed by atoms with Gasteiger partial charge in [-0.2, -0.15) is 10.2 Å². The first-order valence-electron chi connectivity index (χ1n) is 12.4. The van der Waals surface area contributed by atoms with Crippen molar-refractivity contribution < 1.29 is 4.79 Å². The molecule has 3 aromatic heterocycles. The van der Waals surface area contributed by atoms with E-state index in [0.717, 1.165) is 72.8 Å². The van der Waals surface area contributed by atoms with Crippen molar-refractivity contribution in [3.8, 4) is 11.3 Å². The molecule has 0 radical (unpaired) electrons. The van der Waals surface area contributed by atoms with Gasteiger partial charge in [-0.05, 0) is 38.7 Å². The molecule has 5 heterocycles. The number of likely N-dealkylation sites (tertiary alicyclic amines) is 1. The van der Waals surface area contributed by atoms with Gasteiger partial charge in [0, 0.05) is 49.1 Å². The highest BCUT2D eigenvalue weighted by Gasteiger charge is 2.32. The van der Waals surface area contributed by atoms with Gasteiger partial charge in [-0.25, -0.2) is 9.50 Å². The highest BCUT2D eigenvalue weighted by atomic mass is 16.2. The molecular weight excluding hydrogens is 440 g/mol. The van der Waals surface area contributed by atoms with Crippen LogP contribution in [0.5, 0.6) is 0 Å². The van der Waals surface area contributed by atoms with Gasteiger partial charge in [0.2, 0.25) is 0 Å². The molecule has 6 rings (SSSR count). The Kier molecular flexibility index (Phi) is 5.49. The standard InChI is InChI=1S/C26H30N8O/c1-17-15-34-24(28-25(17)32-12-10-19(27)16-32)14-21(31-34)23-9-5-6-11-33(23)26(35)22-13-20(29-30-22)18-7-3-2-4-8-18/h2-4,7-8,13-15,19,23H,5-6,9-12,16,27H2,1H3,(H,29,30)/t19-,23-/m0/s1. The first-order valence-corrected chi connectivity index (χ1v) is 12.4. The van der Waals surface area contributed by atoms with Crippen LogP contribution in [0.1, 0.15) is 53.5 Å². The number of anilines is 1. The summed E-state index contributed by atoms with van der Waals surface area (Å²) >= 11 is 0. The zero-order valence-corrected chi connectivity index (χ0v) is 19.9. The van der Waals surface area contributed by atoms with Crippen LogP contribution in [0.25, 0.3) is 16.9 Å². The third kappa shape index (κ3) is 4.05. The molecule has 9 nitrogen and oxygen atoms in total. The number of aromatic amines is 1. The van der Waals surface area contributed by atoms with E-state index in [1.807, 2.05) is 58.1 Å². The maximum absolute atomic E-state index is 13.5. The van der Waals surface area contributed by atoms with E-state index >= 15 is 0 Å². The van der Waals surface area contributed by atoms with E-state index in [2.05, 4.69) is 22.0 Å². The average Bonchev–Trinajstić information content (AvgIpc) is 3.63. The Morgan fingerprint density at radius 1 is 1.11 bits per heavy atom. The molecule has 2 saturated heterocycles. The molecule has 1 amide bonds. The second-order valence-electron chi connectivity index (χ2n) is 9.66. The molecule has 1 aromatic carbocycles. The Morgan fingerprint density at radius 3 is 2.77 bits per heavy atom. The molecule has 0 bridgehead atoms. The van der Waals surface area contributed by atoms with E-state index in [0.29, 0.717) is 12.2 Å². The highest BCUT2D eigenvalue weighted by Crippen LogP contribution is 2.33. The Bertz CT molecular complexity index is 1360. The Labute approximate surface area is 203 Å². The predicted octanol–water partition coefficient (Wildman–Crippen LogP) is 3.33. The molecule has 2 atom stereocenters. The number of benzene rings is 1. The van der Waals surface area contributed by atoms with Crippen LogP contribution < -0.4 is 10.6 Å². The second kappa shape index (κ2) is 8.81. The predicted molar refractivity (Wildman–Crippen MR) is 134 cm³/mol. The van der Waals surface area contributed by atoms with Gasteiger partial charge in [0.1, 0.15) is 11.5 Å². The molecule has 2 fully saturated rings. The quantitative estimate of drug-likeness (QED) is 0.474. The minimum atomic E-state index is -0.0922. The van der Waals surface area contributed by atoms with Gasteiger partial charge in [0.05, 0.1) is 17.4 Å². The molecular formula is C26H30N8O. The largest absolute Gasteiger partial charge is 0.355 e. The van der Waals surface area contributed by atoms with Crippen LogP contribution in [0.15, 0.2) is 48.7 Å². The Balaban J connectivity index is 1.29. The van der Waals surface area contributed by atoms with Crippen molar-refractivity contribution in [2.24, 2.45) is 5.73 Å². The third-order valence-electron chi connectivity index (χ3n) is 7.13. The van der Waals surface area contributed by atoms with Gasteiger partial charge in [0.15, 0.2) is 5.65 Å². The smallest absolute Gasteiger partial charge is 0.272 e. The normalized spacial score (nSPS) is 20.6. The molecule has 4 aromatic rings. The van der Waals surface area contributed by atoms with Crippen LogP contribution in [0.3, 0.4) is 0 Å². The molecule has 35 heavy (non-hydrogen) atoms. The molecule has 3 N–H and O–H groups in total. The Morgan fingerprint density at radius 2 is 1.97 bits per heavy atom. The number of aryl methyl sites for hydroxylation is 1. The Hall–Kier alpha value is -3.72. The number of rotatable bonds is 4. The summed E-state index contributed by atoms with van der Waals surface area (Å²) < 4.78 is 1.84. The van der Waals surface area contributed by atoms with Gasteiger partial charge in [-0.3, -0.25) is 9.89 Å². The molecule has 0 unspecified atom stereocenters. The lowest BCUT2D eigenvalue weighted by atomic mass is 9.99. The molecule has 0 aliphatic carbocycles. The van der Waals surface area contributed by atoms with Crippen LogP contribution in [-0.2, 0) is 0 Å². The van der Waals surface area contributed by atoms with Crippen LogP contribution in [0.4, 0.5) is 5.82 Å². The maximum Gasteiger partial charge on any atom is 0.272 e. The number of nitrogens with one attached hydrogen (secondary N) is 1. The third-order valence-corrected chi connectivity index (χ3v) is 7.13. The fourth-order valence-electron chi connectivity index (χ4n) is 5.31. The molecule has 0 spiro atoms. The minimum Gasteiger partial charge on any atom is -0.355 e. The van der Waals surface area contributed by atoms with E-state index in [-0.39, 0.29) is 18.0 Å². The van der Waals surface area contributed by atoms with Crippen molar-refractivity contribution in [1.29, 1.82) is 0 Å². The minimum absolute atomic E-state index is 0.0441. The van der Waals surface area contributed by atoms with Crippen molar-refractivity contribution in [3.63, 3.8) is 0 Å². The van der Waals surface area contributed by atoms with Crippen molar-refractivity contribution in [1.82, 2.24) is 29.7 Å². The first-order chi connectivity index (χ1) is 17.1. The SMILES string of the molecule is Cc1cn2nc([C@@H]3CCCCN3C(=O)c3cc(-c4ccccc4)n[nH]3)cc2nc1N1CC[C@H](N)C1. The zero-order valence-electron chi connectivity index (χ0n) is 19.9. The first kappa shape index (κ1) is 21.8. The van der Waals surface area contributed by atoms with E-state index < -0.39 is 0 Å². The number of nitrogens with zero attached hydrogens (tertiary/aromatic N) is 6. The summed E-state index contributed by atoms with van der Waals surface area (Å²) in [5.41, 5.74) is 11.1. The van der Waals surface area contributed by atoms with Crippen molar-refractivity contribution in [2.75, 3.05) is 24.5 Å². The summed E-state index contributed by atoms with van der Waals surface area (Å²) in [6, 6.07) is 13.8. The van der Waals surface area contributed by atoms with E-state index in [1.165, 1.54) is 0 Å². The van der Waals surface area contributed by atoms with Crippen LogP contribution in [0.2, 0.25) is 0 Å². The molecule has 2 aliphatic heterocycles. The number of aromatic nitrogens is 5. The van der Waals surface area contributed by atoms with Gasteiger partial charge in [0.25, 0.3) is 5.91 Å². The highest BCUT2D eigenvalue weighted by molar-refractivity contribution is 5.93. The van der Waals surface area contributed by atoms with Crippen LogP contribution in [0, 0.1) is 6.92 Å². The van der Waals surface area contributed by atoms with Gasteiger partial charge >= 0.3 is 0 Å². The van der Waals surface area contributed by atoms with Crippen LogP contribution in [-0.4, -0.2) is 61.3 Å². The molecule has 9 heteroatoms.